The fourth-order valence-electron chi connectivity index (χ4n) is 2.84. The van der Waals surface area contributed by atoms with Gasteiger partial charge < -0.3 is 19.2 Å². The van der Waals surface area contributed by atoms with Crippen molar-refractivity contribution < 1.29 is 19.0 Å². The van der Waals surface area contributed by atoms with Crippen molar-refractivity contribution in [3.8, 4) is 11.5 Å². The number of benzene rings is 2. The van der Waals surface area contributed by atoms with Crippen LogP contribution in [0.4, 0.5) is 0 Å². The lowest BCUT2D eigenvalue weighted by Gasteiger charge is -2.13. The average molecular weight is 380 g/mol. The van der Waals surface area contributed by atoms with Crippen LogP contribution in [0, 0.1) is 0 Å². The van der Waals surface area contributed by atoms with Crippen LogP contribution in [-0.4, -0.2) is 30.2 Å². The summed E-state index contributed by atoms with van der Waals surface area (Å²) in [4.78, 5) is 31.6. The number of carbonyl (C=O) groups excluding carboxylic acids is 1. The molecule has 0 radical (unpaired) electrons. The van der Waals surface area contributed by atoms with Crippen LogP contribution in [0.15, 0.2) is 47.3 Å². The topological polar surface area (TPSA) is 90.5 Å². The Morgan fingerprint density at radius 1 is 1.18 bits per heavy atom. The van der Waals surface area contributed by atoms with Crippen molar-refractivity contribution in [2.24, 2.45) is 0 Å². The number of nitrogens with one attached hydrogen (secondary N) is 1. The number of rotatable bonds is 6. The smallest absolute Gasteiger partial charge is 0.338 e. The predicted molar refractivity (Wildman–Crippen MR) is 106 cm³/mol. The van der Waals surface area contributed by atoms with E-state index >= 15 is 0 Å². The Kier molecular flexibility index (Phi) is 5.74. The van der Waals surface area contributed by atoms with Gasteiger partial charge in [0.1, 0.15) is 12.4 Å². The summed E-state index contributed by atoms with van der Waals surface area (Å²) in [5, 5.41) is 0.480. The molecule has 144 valence electrons. The molecule has 0 amide bonds. The maximum absolute atomic E-state index is 12.5. The van der Waals surface area contributed by atoms with E-state index in [0.29, 0.717) is 33.5 Å². The molecule has 0 unspecified atom stereocenters. The molecule has 7 nitrogen and oxygen atoms in total. The van der Waals surface area contributed by atoms with Gasteiger partial charge in [-0.2, -0.15) is 0 Å². The molecule has 1 N–H and O–H groups in total. The highest BCUT2D eigenvalue weighted by Gasteiger charge is 2.16. The quantitative estimate of drug-likeness (QED) is 0.660. The van der Waals surface area contributed by atoms with E-state index in [1.807, 2.05) is 13.0 Å². The molecule has 0 spiro atoms. The van der Waals surface area contributed by atoms with E-state index in [2.05, 4.69) is 9.97 Å². The highest BCUT2D eigenvalue weighted by molar-refractivity contribution is 5.91. The van der Waals surface area contributed by atoms with E-state index in [-0.39, 0.29) is 18.0 Å². The standard InChI is InChI=1S/C21H20N2O5/c1-4-7-13-10-14(11-17(26-2)19(13)27-3)21(25)28-12-18-22-16-9-6-5-8-15(16)20(24)23-18/h4-11H,12H2,1-3H3,(H,22,23,24). The van der Waals surface area contributed by atoms with Gasteiger partial charge in [-0.3, -0.25) is 4.79 Å². The summed E-state index contributed by atoms with van der Waals surface area (Å²) in [7, 11) is 3.03. The van der Waals surface area contributed by atoms with E-state index in [1.165, 1.54) is 14.2 Å². The van der Waals surface area contributed by atoms with Gasteiger partial charge in [-0.25, -0.2) is 9.78 Å². The molecule has 0 bridgehead atoms. The van der Waals surface area contributed by atoms with E-state index in [9.17, 15) is 9.59 Å². The number of methoxy groups -OCH3 is 2. The largest absolute Gasteiger partial charge is 0.493 e. The fourth-order valence-corrected chi connectivity index (χ4v) is 2.84. The van der Waals surface area contributed by atoms with Crippen molar-refractivity contribution in [1.29, 1.82) is 0 Å². The van der Waals surface area contributed by atoms with Crippen LogP contribution in [0.2, 0.25) is 0 Å². The van der Waals surface area contributed by atoms with E-state index < -0.39 is 5.97 Å². The number of carbonyl (C=O) groups is 1. The second-order valence-electron chi connectivity index (χ2n) is 5.91. The maximum atomic E-state index is 12.5. The summed E-state index contributed by atoms with van der Waals surface area (Å²) in [6.45, 7) is 1.70. The van der Waals surface area contributed by atoms with E-state index in [1.54, 1.807) is 42.5 Å². The first-order valence-corrected chi connectivity index (χ1v) is 8.61. The van der Waals surface area contributed by atoms with Crippen LogP contribution in [-0.2, 0) is 11.3 Å². The highest BCUT2D eigenvalue weighted by Crippen LogP contribution is 2.33. The lowest BCUT2D eigenvalue weighted by Crippen LogP contribution is -2.14. The zero-order valence-corrected chi connectivity index (χ0v) is 15.8. The molecular formula is C21H20N2O5. The Labute approximate surface area is 161 Å². The molecule has 0 saturated carbocycles. The number of esters is 1. The number of nitrogens with zero attached hydrogens (tertiary/aromatic N) is 1. The zero-order chi connectivity index (χ0) is 20.1. The molecule has 3 aromatic rings. The summed E-state index contributed by atoms with van der Waals surface area (Å²) in [6, 6.07) is 10.2. The van der Waals surface area contributed by atoms with Crippen molar-refractivity contribution in [2.75, 3.05) is 14.2 Å². The normalized spacial score (nSPS) is 11.0. The fraction of sp³-hybridized carbons (Fsp3) is 0.190. The maximum Gasteiger partial charge on any atom is 0.338 e. The van der Waals surface area contributed by atoms with Crippen molar-refractivity contribution >= 4 is 22.9 Å². The van der Waals surface area contributed by atoms with E-state index in [0.717, 1.165) is 0 Å². The Balaban J connectivity index is 1.85. The van der Waals surface area contributed by atoms with Gasteiger partial charge in [0.2, 0.25) is 0 Å². The molecule has 0 aliphatic heterocycles. The molecule has 0 atom stereocenters. The van der Waals surface area contributed by atoms with Crippen LogP contribution in [0.1, 0.15) is 28.7 Å². The third-order valence-corrected chi connectivity index (χ3v) is 4.09. The summed E-state index contributed by atoms with van der Waals surface area (Å²) < 4.78 is 16.0. The second kappa shape index (κ2) is 8.39. The molecular weight excluding hydrogens is 360 g/mol. The first-order chi connectivity index (χ1) is 13.6. The third kappa shape index (κ3) is 3.88. The Bertz CT molecular complexity index is 1100. The molecule has 0 fully saturated rings. The van der Waals surface area contributed by atoms with Gasteiger partial charge >= 0.3 is 5.97 Å². The van der Waals surface area contributed by atoms with Gasteiger partial charge in [0.15, 0.2) is 11.5 Å². The summed E-state index contributed by atoms with van der Waals surface area (Å²) in [5.74, 6) is 0.647. The second-order valence-corrected chi connectivity index (χ2v) is 5.91. The number of fused-ring (bicyclic) bond motifs is 1. The van der Waals surface area contributed by atoms with Crippen LogP contribution in [0.25, 0.3) is 17.0 Å². The molecule has 1 aromatic heterocycles. The number of ether oxygens (including phenoxy) is 3. The minimum absolute atomic E-state index is 0.161. The van der Waals surface area contributed by atoms with Crippen molar-refractivity contribution in [3.05, 3.63) is 69.8 Å². The molecule has 0 aliphatic rings. The van der Waals surface area contributed by atoms with Crippen LogP contribution in [0.5, 0.6) is 11.5 Å². The molecule has 1 heterocycles. The van der Waals surface area contributed by atoms with Crippen molar-refractivity contribution in [3.63, 3.8) is 0 Å². The lowest BCUT2D eigenvalue weighted by molar-refractivity contribution is 0.0462. The molecule has 2 aromatic carbocycles. The van der Waals surface area contributed by atoms with Crippen LogP contribution >= 0.6 is 0 Å². The molecule has 7 heteroatoms. The number of hydrogen-bond acceptors (Lipinski definition) is 6. The van der Waals surface area contributed by atoms with Crippen LogP contribution in [0.3, 0.4) is 0 Å². The summed E-state index contributed by atoms with van der Waals surface area (Å²) in [6.07, 6.45) is 3.64. The minimum atomic E-state index is -0.567. The van der Waals surface area contributed by atoms with Gasteiger partial charge in [0, 0.05) is 5.56 Å². The highest BCUT2D eigenvalue weighted by atomic mass is 16.5. The number of H-pyrrole nitrogens is 1. The number of allylic oxidation sites excluding steroid dienone is 1. The number of aromatic amines is 1. The monoisotopic (exact) mass is 380 g/mol. The van der Waals surface area contributed by atoms with Gasteiger partial charge in [0.05, 0.1) is 30.7 Å². The first kappa shape index (κ1) is 19.2. The summed E-state index contributed by atoms with van der Waals surface area (Å²) in [5.41, 5.74) is 1.25. The molecule has 0 aliphatic carbocycles. The van der Waals surface area contributed by atoms with E-state index in [4.69, 9.17) is 14.2 Å². The van der Waals surface area contributed by atoms with Gasteiger partial charge in [-0.1, -0.05) is 24.3 Å². The minimum Gasteiger partial charge on any atom is -0.493 e. The number of aromatic nitrogens is 2. The first-order valence-electron chi connectivity index (χ1n) is 8.61. The number of para-hydroxylation sites is 1. The van der Waals surface area contributed by atoms with Gasteiger partial charge in [0.25, 0.3) is 5.56 Å². The van der Waals surface area contributed by atoms with Crippen LogP contribution < -0.4 is 15.0 Å². The SMILES string of the molecule is CC=Cc1cc(C(=O)OCc2nc3ccccc3c(=O)[nH]2)cc(OC)c1OC. The summed E-state index contributed by atoms with van der Waals surface area (Å²) >= 11 is 0. The van der Waals surface area contributed by atoms with Gasteiger partial charge in [-0.15, -0.1) is 0 Å². The molecule has 3 rings (SSSR count). The van der Waals surface area contributed by atoms with Crippen molar-refractivity contribution in [1.82, 2.24) is 9.97 Å². The lowest BCUT2D eigenvalue weighted by atomic mass is 10.1. The Morgan fingerprint density at radius 2 is 1.96 bits per heavy atom. The molecule has 28 heavy (non-hydrogen) atoms. The molecule has 0 saturated heterocycles. The van der Waals surface area contributed by atoms with Gasteiger partial charge in [-0.05, 0) is 31.2 Å². The predicted octanol–water partition coefficient (Wildman–Crippen LogP) is 3.33. The zero-order valence-electron chi connectivity index (χ0n) is 15.8. The number of hydrogen-bond donors (Lipinski definition) is 1. The third-order valence-electron chi connectivity index (χ3n) is 4.09. The average Bonchev–Trinajstić information content (AvgIpc) is 2.71. The Morgan fingerprint density at radius 3 is 2.68 bits per heavy atom. The van der Waals surface area contributed by atoms with Crippen molar-refractivity contribution in [2.45, 2.75) is 13.5 Å². The Hall–Kier alpha value is -3.61.